The van der Waals surface area contributed by atoms with Crippen LogP contribution in [0, 0.1) is 11.2 Å². The van der Waals surface area contributed by atoms with Gasteiger partial charge in [-0.25, -0.2) is 12.8 Å². The molecule has 0 saturated carbocycles. The molecule has 1 atom stereocenters. The highest BCUT2D eigenvalue weighted by Gasteiger charge is 2.41. The van der Waals surface area contributed by atoms with E-state index in [2.05, 4.69) is 6.92 Å². The van der Waals surface area contributed by atoms with E-state index in [0.29, 0.717) is 24.4 Å². The standard InChI is InChI=1S/C25H32FNO4S3/c1-4-6-11-25(5-2)16-27(20-9-7-19(26)8-10-20)21-13-22(32-3)18(14-33-15-24(28)29)12-23(21)34(30,31)17-25/h7-10,12-13H,4-6,11,14-17H2,1-3H3,(H,28,29)/t25-/m1/s1. The van der Waals surface area contributed by atoms with Crippen LogP contribution < -0.4 is 4.90 Å². The Balaban J connectivity index is 2.19. The van der Waals surface area contributed by atoms with Crippen LogP contribution in [0.2, 0.25) is 0 Å². The van der Waals surface area contributed by atoms with Gasteiger partial charge in [0.2, 0.25) is 0 Å². The van der Waals surface area contributed by atoms with Crippen LogP contribution in [0.3, 0.4) is 0 Å². The van der Waals surface area contributed by atoms with E-state index in [0.717, 1.165) is 35.4 Å². The minimum atomic E-state index is -3.62. The number of benzene rings is 2. The zero-order valence-electron chi connectivity index (χ0n) is 19.8. The molecule has 0 aliphatic carbocycles. The molecule has 0 amide bonds. The van der Waals surface area contributed by atoms with Crippen molar-refractivity contribution in [2.24, 2.45) is 5.41 Å². The number of rotatable bonds is 10. The second kappa shape index (κ2) is 11.4. The molecule has 0 fully saturated rings. The van der Waals surface area contributed by atoms with Gasteiger partial charge in [0.25, 0.3) is 0 Å². The van der Waals surface area contributed by atoms with Crippen LogP contribution >= 0.6 is 23.5 Å². The van der Waals surface area contributed by atoms with Gasteiger partial charge in [-0.15, -0.1) is 23.5 Å². The van der Waals surface area contributed by atoms with Gasteiger partial charge >= 0.3 is 5.97 Å². The van der Waals surface area contributed by atoms with Crippen molar-refractivity contribution in [3.05, 3.63) is 47.8 Å². The Kier molecular flexibility index (Phi) is 8.98. The molecular formula is C25H32FNO4S3. The maximum atomic E-state index is 13.8. The number of carboxylic acid groups (broad SMARTS) is 1. The molecule has 0 spiro atoms. The van der Waals surface area contributed by atoms with Crippen molar-refractivity contribution in [2.75, 3.05) is 29.2 Å². The molecule has 5 nitrogen and oxygen atoms in total. The van der Waals surface area contributed by atoms with Crippen molar-refractivity contribution in [3.8, 4) is 0 Å². The zero-order valence-corrected chi connectivity index (χ0v) is 22.3. The predicted molar refractivity (Wildman–Crippen MR) is 140 cm³/mol. The molecule has 2 aromatic rings. The molecule has 0 radical (unpaired) electrons. The highest BCUT2D eigenvalue weighted by Crippen LogP contribution is 2.46. The Hall–Kier alpha value is -1.71. The Labute approximate surface area is 210 Å². The fraction of sp³-hybridized carbons (Fsp3) is 0.480. The molecule has 1 N–H and O–H groups in total. The molecule has 0 bridgehead atoms. The van der Waals surface area contributed by atoms with Crippen molar-refractivity contribution >= 4 is 50.7 Å². The molecule has 0 saturated heterocycles. The van der Waals surface area contributed by atoms with Crippen LogP contribution in [0.1, 0.15) is 45.1 Å². The minimum Gasteiger partial charge on any atom is -0.481 e. The van der Waals surface area contributed by atoms with E-state index in [1.54, 1.807) is 18.2 Å². The van der Waals surface area contributed by atoms with E-state index in [1.807, 2.05) is 24.1 Å². The van der Waals surface area contributed by atoms with Gasteiger partial charge in [0, 0.05) is 28.3 Å². The summed E-state index contributed by atoms with van der Waals surface area (Å²) >= 11 is 2.76. The highest BCUT2D eigenvalue weighted by atomic mass is 32.2. The summed E-state index contributed by atoms with van der Waals surface area (Å²) in [5.74, 6) is -0.813. The first-order chi connectivity index (χ1) is 16.1. The number of hydrogen-bond donors (Lipinski definition) is 1. The number of carbonyl (C=O) groups is 1. The van der Waals surface area contributed by atoms with Gasteiger partial charge in [-0.1, -0.05) is 26.7 Å². The van der Waals surface area contributed by atoms with Gasteiger partial charge in [-0.3, -0.25) is 4.79 Å². The number of anilines is 2. The van der Waals surface area contributed by atoms with E-state index in [1.165, 1.54) is 35.7 Å². The number of hydrogen-bond acceptors (Lipinski definition) is 6. The van der Waals surface area contributed by atoms with Gasteiger partial charge in [0.15, 0.2) is 9.84 Å². The number of unbranched alkanes of at least 4 members (excludes halogenated alkanes) is 1. The lowest BCUT2D eigenvalue weighted by molar-refractivity contribution is -0.133. The predicted octanol–water partition coefficient (Wildman–Crippen LogP) is 6.38. The SMILES string of the molecule is CCCC[C@]1(CC)CN(c2ccc(F)cc2)c2cc(SC)c(CSCC(=O)O)cc2S(=O)(=O)C1. The Morgan fingerprint density at radius 2 is 1.91 bits per heavy atom. The number of sulfone groups is 1. The molecule has 186 valence electrons. The van der Waals surface area contributed by atoms with E-state index in [-0.39, 0.29) is 22.2 Å². The molecule has 1 heterocycles. The Morgan fingerprint density at radius 1 is 1.21 bits per heavy atom. The number of aliphatic carboxylic acids is 1. The smallest absolute Gasteiger partial charge is 0.313 e. The molecule has 9 heteroatoms. The maximum Gasteiger partial charge on any atom is 0.313 e. The molecule has 0 unspecified atom stereocenters. The molecule has 34 heavy (non-hydrogen) atoms. The highest BCUT2D eigenvalue weighted by molar-refractivity contribution is 7.99. The van der Waals surface area contributed by atoms with E-state index in [9.17, 15) is 17.6 Å². The lowest BCUT2D eigenvalue weighted by Crippen LogP contribution is -2.37. The van der Waals surface area contributed by atoms with Gasteiger partial charge < -0.3 is 10.0 Å². The lowest BCUT2D eigenvalue weighted by Gasteiger charge is -2.36. The van der Waals surface area contributed by atoms with Crippen LogP contribution in [-0.2, 0) is 20.4 Å². The summed E-state index contributed by atoms with van der Waals surface area (Å²) in [6.07, 6.45) is 5.35. The third kappa shape index (κ3) is 6.10. The first kappa shape index (κ1) is 26.9. The van der Waals surface area contributed by atoms with Crippen LogP contribution in [0.5, 0.6) is 0 Å². The fourth-order valence-corrected chi connectivity index (χ4v) is 8.16. The summed E-state index contributed by atoms with van der Waals surface area (Å²) in [5, 5.41) is 9.01. The number of carboxylic acids is 1. The first-order valence-electron chi connectivity index (χ1n) is 11.4. The minimum absolute atomic E-state index is 0.0463. The van der Waals surface area contributed by atoms with Crippen LogP contribution in [0.15, 0.2) is 46.2 Å². The monoisotopic (exact) mass is 525 g/mol. The molecule has 1 aliphatic heterocycles. The number of thioether (sulfide) groups is 2. The Bertz CT molecular complexity index is 1120. The van der Waals surface area contributed by atoms with Crippen molar-refractivity contribution in [3.63, 3.8) is 0 Å². The van der Waals surface area contributed by atoms with E-state index in [4.69, 9.17) is 5.11 Å². The van der Waals surface area contributed by atoms with Crippen LogP contribution in [0.25, 0.3) is 0 Å². The summed E-state index contributed by atoms with van der Waals surface area (Å²) < 4.78 is 41.3. The molecular weight excluding hydrogens is 493 g/mol. The molecule has 3 rings (SSSR count). The van der Waals surface area contributed by atoms with E-state index >= 15 is 0 Å². The van der Waals surface area contributed by atoms with Gasteiger partial charge in [-0.05, 0) is 61.1 Å². The third-order valence-electron chi connectivity index (χ3n) is 6.41. The topological polar surface area (TPSA) is 74.7 Å². The number of nitrogens with zero attached hydrogens (tertiary/aromatic N) is 1. The van der Waals surface area contributed by atoms with Crippen LogP contribution in [0.4, 0.5) is 15.8 Å². The van der Waals surface area contributed by atoms with Crippen molar-refractivity contribution in [1.82, 2.24) is 0 Å². The molecule has 2 aromatic carbocycles. The summed E-state index contributed by atoms with van der Waals surface area (Å²) in [4.78, 5) is 14.2. The van der Waals surface area contributed by atoms with Crippen molar-refractivity contribution in [2.45, 2.75) is 55.1 Å². The van der Waals surface area contributed by atoms with Crippen LogP contribution in [-0.4, -0.2) is 43.8 Å². The largest absolute Gasteiger partial charge is 0.481 e. The number of fused-ring (bicyclic) bond motifs is 1. The summed E-state index contributed by atoms with van der Waals surface area (Å²) in [6, 6.07) is 9.84. The summed E-state index contributed by atoms with van der Waals surface area (Å²) in [5.41, 5.74) is 1.75. The second-order valence-electron chi connectivity index (χ2n) is 8.80. The van der Waals surface area contributed by atoms with E-state index < -0.39 is 21.2 Å². The fourth-order valence-electron chi connectivity index (χ4n) is 4.49. The van der Waals surface area contributed by atoms with Crippen molar-refractivity contribution < 1.29 is 22.7 Å². The second-order valence-corrected chi connectivity index (χ2v) is 12.6. The van der Waals surface area contributed by atoms with Gasteiger partial charge in [-0.2, -0.15) is 0 Å². The molecule has 1 aliphatic rings. The normalized spacial score (nSPS) is 19.5. The quantitative estimate of drug-likeness (QED) is 0.361. The third-order valence-corrected chi connectivity index (χ3v) is 10.2. The van der Waals surface area contributed by atoms with Crippen molar-refractivity contribution in [1.29, 1.82) is 0 Å². The maximum absolute atomic E-state index is 13.8. The van der Waals surface area contributed by atoms with Gasteiger partial charge in [0.05, 0.1) is 22.1 Å². The van der Waals surface area contributed by atoms with Gasteiger partial charge in [0.1, 0.15) is 5.82 Å². The average molecular weight is 526 g/mol. The summed E-state index contributed by atoms with van der Waals surface area (Å²) in [6.45, 7) is 4.68. The Morgan fingerprint density at radius 3 is 2.50 bits per heavy atom. The number of halogens is 1. The lowest BCUT2D eigenvalue weighted by atomic mass is 9.81. The zero-order chi connectivity index (χ0) is 24.9. The summed E-state index contributed by atoms with van der Waals surface area (Å²) in [7, 11) is -3.62. The first-order valence-corrected chi connectivity index (χ1v) is 15.4. The average Bonchev–Trinajstić information content (AvgIpc) is 2.90. The molecule has 0 aromatic heterocycles.